The van der Waals surface area contributed by atoms with E-state index in [-0.39, 0.29) is 5.57 Å². The van der Waals surface area contributed by atoms with Gasteiger partial charge in [-0.05, 0) is 181 Å². The highest BCUT2D eigenvalue weighted by Crippen LogP contribution is 2.46. The van der Waals surface area contributed by atoms with Gasteiger partial charge in [-0.2, -0.15) is 5.26 Å². The quantitative estimate of drug-likeness (QED) is 0.0664. The molecular formula is C72H56N8O2S. The van der Waals surface area contributed by atoms with Gasteiger partial charge in [0.2, 0.25) is 0 Å². The van der Waals surface area contributed by atoms with Crippen LogP contribution in [0.4, 0.5) is 51.2 Å². The van der Waals surface area contributed by atoms with Crippen molar-refractivity contribution in [2.75, 3.05) is 14.7 Å². The molecule has 2 aliphatic heterocycles. The number of H-pyrrole nitrogens is 2. The molecule has 8 bridgehead atoms. The van der Waals surface area contributed by atoms with Crippen molar-refractivity contribution < 1.29 is 9.90 Å². The Morgan fingerprint density at radius 1 is 0.434 bits per heavy atom. The van der Waals surface area contributed by atoms with Gasteiger partial charge in [-0.1, -0.05) is 118 Å². The lowest BCUT2D eigenvalue weighted by molar-refractivity contribution is -0.132. The smallest absolute Gasteiger partial charge is 0.346 e. The van der Waals surface area contributed by atoms with E-state index in [1.165, 1.54) is 17.4 Å². The van der Waals surface area contributed by atoms with Crippen molar-refractivity contribution in [3.8, 4) is 17.9 Å². The molecule has 0 fully saturated rings. The Hall–Kier alpha value is -10.7. The minimum absolute atomic E-state index is 0.356. The van der Waals surface area contributed by atoms with Crippen LogP contribution in [-0.4, -0.2) is 31.0 Å². The fourth-order valence-electron chi connectivity index (χ4n) is 10.3. The number of carboxylic acid groups (broad SMARTS) is 1. The van der Waals surface area contributed by atoms with Crippen LogP contribution in [0.15, 0.2) is 188 Å². The van der Waals surface area contributed by atoms with Crippen LogP contribution in [0.5, 0.6) is 0 Å². The average Bonchev–Trinajstić information content (AvgIpc) is 3.96. The summed E-state index contributed by atoms with van der Waals surface area (Å²) < 4.78 is 0. The van der Waals surface area contributed by atoms with E-state index in [9.17, 15) is 15.2 Å². The minimum atomic E-state index is -1.29. The second-order valence-corrected chi connectivity index (χ2v) is 22.0. The summed E-state index contributed by atoms with van der Waals surface area (Å²) in [6, 6.07) is 65.3. The van der Waals surface area contributed by atoms with E-state index < -0.39 is 5.97 Å². The fourth-order valence-corrected chi connectivity index (χ4v) is 11.1. The van der Waals surface area contributed by atoms with Gasteiger partial charge >= 0.3 is 5.97 Å². The summed E-state index contributed by atoms with van der Waals surface area (Å²) in [6.45, 7) is 12.6. The molecule has 11 heteroatoms. The number of nitrogens with zero attached hydrogens (tertiary/aromatic N) is 6. The van der Waals surface area contributed by atoms with Gasteiger partial charge in [-0.3, -0.25) is 0 Å². The van der Waals surface area contributed by atoms with E-state index in [2.05, 4.69) is 260 Å². The highest BCUT2D eigenvalue weighted by atomic mass is 32.1. The molecule has 4 aromatic heterocycles. The van der Waals surface area contributed by atoms with Crippen molar-refractivity contribution in [1.29, 1.82) is 5.26 Å². The number of carboxylic acids is 1. The SMILES string of the molecule is Cc1ccc(N(c2ccc(C)cc2)c2c3nc(c(N(c4ccc(C)cc4)c4ccc(C)cc4)c4ccc([nH]4)c(N(c4ccc(C)cc4)c4ccc(C)cc4)c4nc(c(C#Cc5ccc(/C=C(/C#N)C(=O)O)s5)c5ccc2[nH]5)C=C4)C=C3)cc1. The van der Waals surface area contributed by atoms with Crippen LogP contribution in [0, 0.1) is 64.7 Å². The molecule has 10 nitrogen and oxygen atoms in total. The summed E-state index contributed by atoms with van der Waals surface area (Å²) in [5.41, 5.74) is 21.1. The molecule has 0 amide bonds. The predicted molar refractivity (Wildman–Crippen MR) is 343 cm³/mol. The van der Waals surface area contributed by atoms with Gasteiger partial charge in [0.1, 0.15) is 11.6 Å². The molecule has 12 rings (SSSR count). The second-order valence-electron chi connectivity index (χ2n) is 20.9. The molecule has 10 aromatic rings. The van der Waals surface area contributed by atoms with Gasteiger partial charge in [-0.15, -0.1) is 11.3 Å². The summed E-state index contributed by atoms with van der Waals surface area (Å²) in [5.74, 6) is 5.65. The Bertz CT molecular complexity index is 4300. The summed E-state index contributed by atoms with van der Waals surface area (Å²) in [6.07, 6.45) is 9.68. The first-order chi connectivity index (χ1) is 40.3. The van der Waals surface area contributed by atoms with E-state index in [0.717, 1.165) is 113 Å². The number of nitrogens with one attached hydrogen (secondary N) is 2. The van der Waals surface area contributed by atoms with Gasteiger partial charge in [0.25, 0.3) is 0 Å². The lowest BCUT2D eigenvalue weighted by Gasteiger charge is -2.27. The third kappa shape index (κ3) is 10.9. The molecule has 0 spiro atoms. The molecule has 0 unspecified atom stereocenters. The van der Waals surface area contributed by atoms with Crippen LogP contribution in [0.1, 0.15) is 71.5 Å². The Balaban J connectivity index is 1.24. The number of thiophene rings is 1. The molecule has 0 atom stereocenters. The van der Waals surface area contributed by atoms with Crippen LogP contribution in [-0.2, 0) is 4.79 Å². The van der Waals surface area contributed by atoms with Gasteiger partial charge in [0, 0.05) is 39.0 Å². The third-order valence-corrected chi connectivity index (χ3v) is 15.6. The highest BCUT2D eigenvalue weighted by molar-refractivity contribution is 7.13. The number of hydrogen-bond donors (Lipinski definition) is 3. The number of rotatable bonds is 11. The van der Waals surface area contributed by atoms with Crippen LogP contribution in [0.25, 0.3) is 52.4 Å². The lowest BCUT2D eigenvalue weighted by atomic mass is 10.1. The van der Waals surface area contributed by atoms with Crippen molar-refractivity contribution in [3.05, 3.63) is 259 Å². The summed E-state index contributed by atoms with van der Waals surface area (Å²) in [4.78, 5) is 39.2. The zero-order valence-corrected chi connectivity index (χ0v) is 47.5. The Kier molecular flexibility index (Phi) is 14.3. The molecule has 3 N–H and O–H groups in total. The zero-order chi connectivity index (χ0) is 57.3. The molecule has 0 radical (unpaired) electrons. The van der Waals surface area contributed by atoms with Crippen LogP contribution < -0.4 is 14.7 Å². The molecular weight excluding hydrogens is 1040 g/mol. The maximum Gasteiger partial charge on any atom is 0.346 e. The van der Waals surface area contributed by atoms with E-state index >= 15 is 0 Å². The molecule has 0 saturated carbocycles. The minimum Gasteiger partial charge on any atom is -0.477 e. The van der Waals surface area contributed by atoms with Crippen molar-refractivity contribution in [2.45, 2.75) is 41.5 Å². The van der Waals surface area contributed by atoms with Gasteiger partial charge in [0.15, 0.2) is 0 Å². The van der Waals surface area contributed by atoms with Gasteiger partial charge in [0.05, 0.1) is 72.3 Å². The molecule has 0 saturated heterocycles. The number of nitriles is 1. The molecule has 2 aliphatic rings. The molecule has 0 aliphatic carbocycles. The van der Waals surface area contributed by atoms with Crippen molar-refractivity contribution in [3.63, 3.8) is 0 Å². The van der Waals surface area contributed by atoms with Crippen molar-refractivity contribution >= 4 is 121 Å². The molecule has 6 heterocycles. The van der Waals surface area contributed by atoms with E-state index in [0.29, 0.717) is 32.2 Å². The fraction of sp³-hybridized carbons (Fsp3) is 0.0833. The van der Waals surface area contributed by atoms with Crippen LogP contribution in [0.3, 0.4) is 0 Å². The van der Waals surface area contributed by atoms with E-state index in [4.69, 9.17) is 9.97 Å². The Morgan fingerprint density at radius 3 is 1.08 bits per heavy atom. The molecule has 83 heavy (non-hydrogen) atoms. The van der Waals surface area contributed by atoms with Crippen molar-refractivity contribution in [2.24, 2.45) is 0 Å². The van der Waals surface area contributed by atoms with Crippen molar-refractivity contribution in [1.82, 2.24) is 19.9 Å². The largest absolute Gasteiger partial charge is 0.477 e. The first kappa shape index (κ1) is 53.0. The first-order valence-corrected chi connectivity index (χ1v) is 28.1. The number of aryl methyl sites for hydroxylation is 6. The number of fused-ring (bicyclic) bond motifs is 8. The van der Waals surface area contributed by atoms with Crippen LogP contribution >= 0.6 is 11.3 Å². The van der Waals surface area contributed by atoms with Gasteiger partial charge in [-0.25, -0.2) is 14.8 Å². The lowest BCUT2D eigenvalue weighted by Crippen LogP contribution is -2.13. The zero-order valence-electron chi connectivity index (χ0n) is 46.7. The normalized spacial score (nSPS) is 11.7. The molecule has 6 aromatic carbocycles. The number of aromatic nitrogens is 4. The number of carbonyl (C=O) groups is 1. The summed E-state index contributed by atoms with van der Waals surface area (Å²) >= 11 is 1.30. The number of hydrogen-bond acceptors (Lipinski definition) is 8. The number of aliphatic carboxylic acids is 1. The average molecular weight is 1100 g/mol. The summed E-state index contributed by atoms with van der Waals surface area (Å²) in [7, 11) is 0. The Labute approximate surface area is 486 Å². The third-order valence-electron chi connectivity index (χ3n) is 14.7. The maximum absolute atomic E-state index is 11.8. The Morgan fingerprint density at radius 2 is 0.747 bits per heavy atom. The van der Waals surface area contributed by atoms with E-state index in [1.807, 2.05) is 18.2 Å². The maximum atomic E-state index is 11.8. The number of aromatic amines is 2. The van der Waals surface area contributed by atoms with E-state index in [1.54, 1.807) is 12.1 Å². The monoisotopic (exact) mass is 1100 g/mol. The summed E-state index contributed by atoms with van der Waals surface area (Å²) in [5, 5.41) is 19.2. The molecule has 402 valence electrons. The highest BCUT2D eigenvalue weighted by Gasteiger charge is 2.26. The van der Waals surface area contributed by atoms with Gasteiger partial charge < -0.3 is 29.8 Å². The predicted octanol–water partition coefficient (Wildman–Crippen LogP) is 18.4. The number of benzene rings is 6. The number of anilines is 9. The topological polar surface area (TPSA) is 128 Å². The first-order valence-electron chi connectivity index (χ1n) is 27.3. The second kappa shape index (κ2) is 22.4. The van der Waals surface area contributed by atoms with Crippen LogP contribution in [0.2, 0.25) is 0 Å². The standard InChI is InChI=1S/C72H56N8O2S/c1-45-7-19-52(20-8-45)78(53-21-9-46(2)10-22-53)69-63-37-35-61(74-63)60(34-33-58-31-32-59(83-58)43-51(44-73)72(81)82)62-36-38-64(75-62)70(79(54-23-11-47(3)12-24-54)55-25-13-48(4)14-26-55)66-40-42-68(77-66)71(67-41-39-65(69)76-67)80(56-27-15-49(5)16-28-56)57-29-17-50(6)18-30-57/h7-32,35-43,74,77H,1-6H3,(H,81,82)/b51-43-,61-60?,62-60?,69-63?,69-65?,70-64?,70-66?,71-67?,71-68?.